The van der Waals surface area contributed by atoms with E-state index >= 15 is 0 Å². The van der Waals surface area contributed by atoms with Crippen molar-refractivity contribution in [2.75, 3.05) is 31.1 Å². The second-order valence-electron chi connectivity index (χ2n) is 5.47. The van der Waals surface area contributed by atoms with Crippen LogP contribution in [0.5, 0.6) is 0 Å². The largest absolute Gasteiger partial charge is 0.354 e. The molecule has 1 atom stereocenters. The average Bonchev–Trinajstić information content (AvgIpc) is 2.48. The molecule has 20 heavy (non-hydrogen) atoms. The lowest BCUT2D eigenvalue weighted by molar-refractivity contribution is 0.387. The molecule has 0 saturated carbocycles. The highest BCUT2D eigenvalue weighted by Gasteiger charge is 2.23. The molecule has 1 aromatic heterocycles. The molecule has 0 amide bonds. The van der Waals surface area contributed by atoms with Gasteiger partial charge in [-0.15, -0.1) is 0 Å². The van der Waals surface area contributed by atoms with Gasteiger partial charge in [0, 0.05) is 13.1 Å². The van der Waals surface area contributed by atoms with Gasteiger partial charge in [0.15, 0.2) is 11.6 Å². The minimum atomic E-state index is -0.239. The van der Waals surface area contributed by atoms with Crippen molar-refractivity contribution in [3.8, 4) is 0 Å². The number of hydrogen-bond donors (Lipinski definition) is 1. The van der Waals surface area contributed by atoms with Crippen LogP contribution in [0.2, 0.25) is 0 Å². The lowest BCUT2D eigenvalue weighted by Gasteiger charge is -2.34. The Labute approximate surface area is 120 Å². The lowest BCUT2D eigenvalue weighted by atomic mass is 9.98. The number of aryl methyl sites for hydroxylation is 1. The van der Waals surface area contributed by atoms with Crippen LogP contribution in [0.3, 0.4) is 0 Å². The molecule has 112 valence electrons. The van der Waals surface area contributed by atoms with Crippen molar-refractivity contribution in [1.29, 1.82) is 0 Å². The average molecular weight is 280 g/mol. The van der Waals surface area contributed by atoms with Crippen LogP contribution >= 0.6 is 0 Å². The van der Waals surface area contributed by atoms with E-state index in [-0.39, 0.29) is 5.82 Å². The van der Waals surface area contributed by atoms with E-state index in [1.165, 1.54) is 12.7 Å². The zero-order valence-corrected chi connectivity index (χ0v) is 12.5. The first-order valence-corrected chi connectivity index (χ1v) is 7.71. The molecule has 1 aliphatic heterocycles. The fourth-order valence-corrected chi connectivity index (χ4v) is 2.77. The van der Waals surface area contributed by atoms with Crippen LogP contribution in [-0.4, -0.2) is 36.1 Å². The Hall–Kier alpha value is -1.23. The summed E-state index contributed by atoms with van der Waals surface area (Å²) in [5, 5.41) is 3.46. The van der Waals surface area contributed by atoms with Crippen LogP contribution in [0.4, 0.5) is 10.2 Å². The minimum absolute atomic E-state index is 0.239. The van der Waals surface area contributed by atoms with E-state index in [0.717, 1.165) is 39.0 Å². The van der Waals surface area contributed by atoms with E-state index in [1.54, 1.807) is 0 Å². The minimum Gasteiger partial charge on any atom is -0.354 e. The molecule has 0 radical (unpaired) electrons. The summed E-state index contributed by atoms with van der Waals surface area (Å²) < 4.78 is 14.3. The Morgan fingerprint density at radius 1 is 1.40 bits per heavy atom. The third-order valence-corrected chi connectivity index (χ3v) is 3.86. The van der Waals surface area contributed by atoms with E-state index < -0.39 is 0 Å². The summed E-state index contributed by atoms with van der Waals surface area (Å²) in [5.41, 5.74) is 0.515. The van der Waals surface area contributed by atoms with Crippen molar-refractivity contribution in [3.63, 3.8) is 0 Å². The summed E-state index contributed by atoms with van der Waals surface area (Å²) >= 11 is 0. The number of halogens is 1. The molecule has 1 aliphatic rings. The predicted octanol–water partition coefficient (Wildman–Crippen LogP) is 2.39. The lowest BCUT2D eigenvalue weighted by Crippen LogP contribution is -2.40. The Balaban J connectivity index is 2.01. The molecule has 2 heterocycles. The first kappa shape index (κ1) is 15.2. The van der Waals surface area contributed by atoms with Crippen molar-refractivity contribution in [2.24, 2.45) is 5.92 Å². The monoisotopic (exact) mass is 280 g/mol. The molecule has 2 rings (SSSR count). The molecule has 1 aromatic rings. The first-order valence-electron chi connectivity index (χ1n) is 7.71. The zero-order valence-electron chi connectivity index (χ0n) is 12.5. The van der Waals surface area contributed by atoms with Gasteiger partial charge in [-0.2, -0.15) is 0 Å². The van der Waals surface area contributed by atoms with Crippen molar-refractivity contribution < 1.29 is 4.39 Å². The third-order valence-electron chi connectivity index (χ3n) is 3.86. The van der Waals surface area contributed by atoms with Crippen LogP contribution in [0, 0.1) is 11.7 Å². The zero-order chi connectivity index (χ0) is 14.4. The third kappa shape index (κ3) is 3.66. The maximum atomic E-state index is 14.3. The van der Waals surface area contributed by atoms with E-state index in [4.69, 9.17) is 0 Å². The van der Waals surface area contributed by atoms with Crippen LogP contribution in [0.15, 0.2) is 6.33 Å². The fourth-order valence-electron chi connectivity index (χ4n) is 2.77. The van der Waals surface area contributed by atoms with E-state index in [2.05, 4.69) is 27.1 Å². The van der Waals surface area contributed by atoms with Gasteiger partial charge in [-0.3, -0.25) is 0 Å². The highest BCUT2D eigenvalue weighted by Crippen LogP contribution is 2.24. The number of nitrogens with one attached hydrogen (secondary N) is 1. The van der Waals surface area contributed by atoms with Crippen molar-refractivity contribution in [2.45, 2.75) is 39.5 Å². The predicted molar refractivity (Wildman–Crippen MR) is 79.5 cm³/mol. The van der Waals surface area contributed by atoms with Crippen molar-refractivity contribution in [1.82, 2.24) is 15.3 Å². The molecular formula is C15H25FN4. The summed E-state index contributed by atoms with van der Waals surface area (Å²) in [6.07, 6.45) is 5.55. The second kappa shape index (κ2) is 7.53. The normalized spacial score (nSPS) is 19.4. The van der Waals surface area contributed by atoms with Gasteiger partial charge in [-0.1, -0.05) is 13.8 Å². The summed E-state index contributed by atoms with van der Waals surface area (Å²) in [7, 11) is 0. The molecule has 0 aromatic carbocycles. The second-order valence-corrected chi connectivity index (χ2v) is 5.47. The highest BCUT2D eigenvalue weighted by molar-refractivity contribution is 5.41. The number of hydrogen-bond acceptors (Lipinski definition) is 4. The van der Waals surface area contributed by atoms with Gasteiger partial charge < -0.3 is 10.2 Å². The maximum Gasteiger partial charge on any atom is 0.187 e. The highest BCUT2D eigenvalue weighted by atomic mass is 19.1. The van der Waals surface area contributed by atoms with E-state index in [0.29, 0.717) is 23.9 Å². The van der Waals surface area contributed by atoms with E-state index in [9.17, 15) is 4.39 Å². The van der Waals surface area contributed by atoms with Gasteiger partial charge in [-0.05, 0) is 44.7 Å². The molecule has 1 saturated heterocycles. The maximum absolute atomic E-state index is 14.3. The molecule has 1 N–H and O–H groups in total. The van der Waals surface area contributed by atoms with Crippen LogP contribution in [-0.2, 0) is 6.42 Å². The van der Waals surface area contributed by atoms with Crippen molar-refractivity contribution >= 4 is 5.82 Å². The Bertz CT molecular complexity index is 424. The standard InChI is InChI=1S/C15H25FN4/c1-3-7-17-9-12-6-5-8-20(10-12)15-14(16)13(4-2)18-11-19-15/h11-12,17H,3-10H2,1-2H3. The molecule has 0 spiro atoms. The van der Waals surface area contributed by atoms with Gasteiger partial charge in [0.25, 0.3) is 0 Å². The number of rotatable bonds is 6. The number of nitrogens with zero attached hydrogens (tertiary/aromatic N) is 3. The number of piperidine rings is 1. The summed E-state index contributed by atoms with van der Waals surface area (Å²) in [4.78, 5) is 10.2. The molecule has 0 aliphatic carbocycles. The summed E-state index contributed by atoms with van der Waals surface area (Å²) in [6.45, 7) is 7.93. The van der Waals surface area contributed by atoms with Gasteiger partial charge >= 0.3 is 0 Å². The van der Waals surface area contributed by atoms with Crippen LogP contribution in [0.25, 0.3) is 0 Å². The number of anilines is 1. The topological polar surface area (TPSA) is 41.0 Å². The smallest absolute Gasteiger partial charge is 0.187 e. The summed E-state index contributed by atoms with van der Waals surface area (Å²) in [6, 6.07) is 0. The van der Waals surface area contributed by atoms with Crippen LogP contribution in [0.1, 0.15) is 38.8 Å². The molecule has 1 fully saturated rings. The van der Waals surface area contributed by atoms with Crippen molar-refractivity contribution in [3.05, 3.63) is 17.8 Å². The van der Waals surface area contributed by atoms with Gasteiger partial charge in [0.05, 0.1) is 5.69 Å². The fraction of sp³-hybridized carbons (Fsp3) is 0.733. The quantitative estimate of drug-likeness (QED) is 0.812. The van der Waals surface area contributed by atoms with Gasteiger partial charge in [-0.25, -0.2) is 14.4 Å². The van der Waals surface area contributed by atoms with Gasteiger partial charge in [0.1, 0.15) is 6.33 Å². The Morgan fingerprint density at radius 2 is 2.25 bits per heavy atom. The Kier molecular flexibility index (Phi) is 5.71. The molecule has 4 nitrogen and oxygen atoms in total. The molecular weight excluding hydrogens is 255 g/mol. The SMILES string of the molecule is CCCNCC1CCCN(c2ncnc(CC)c2F)C1. The van der Waals surface area contributed by atoms with E-state index in [1.807, 2.05) is 6.92 Å². The number of aromatic nitrogens is 2. The first-order chi connectivity index (χ1) is 9.76. The Morgan fingerprint density at radius 3 is 3.00 bits per heavy atom. The molecule has 0 bridgehead atoms. The van der Waals surface area contributed by atoms with Gasteiger partial charge in [0.2, 0.25) is 0 Å². The molecule has 1 unspecified atom stereocenters. The molecule has 5 heteroatoms. The summed E-state index contributed by atoms with van der Waals surface area (Å²) in [5.74, 6) is 0.823. The van der Waals surface area contributed by atoms with Crippen LogP contribution < -0.4 is 10.2 Å².